The van der Waals surface area contributed by atoms with Crippen LogP contribution in [0.1, 0.15) is 78.2 Å². The first-order valence-corrected chi connectivity index (χ1v) is 18.0. The number of hydrogen-bond acceptors (Lipinski definition) is 6. The standard InChI is InChI=1S/C36H41F18NO6/c1-5-27(2,3)26(57)55-22-10-14-24(15-11-22)61-25(56)16-9-21-7-12-23(13-8-21)58-18-6-17-28(4,59-19-29(37,38)31(41,42)33(45,46)35(49,50)51)60-20-30(39,40)32(43,44)34(47,48)36(52,53)54/h7-9,12-13,16,22,24H,5-6,10-11,14-15,17-20H2,1-4H3,(H,55,57)/b16-9+. The SMILES string of the molecule is CCC(C)(C)C(=O)NC1CCC(OC(=O)/C=C/c2ccc(OCCCC(C)(OCC(F)(F)C(F)(F)C(F)(F)C(F)(F)F)OCC(F)(F)C(F)(F)C(F)(F)C(F)(F)F)cc2)CC1. The molecule has 1 fully saturated rings. The van der Waals surface area contributed by atoms with Gasteiger partial charge in [0.05, 0.1) is 6.61 Å². The number of halogens is 18. The third-order valence-corrected chi connectivity index (χ3v) is 9.66. The van der Waals surface area contributed by atoms with Crippen molar-refractivity contribution in [1.82, 2.24) is 5.32 Å². The molecule has 0 radical (unpaired) electrons. The molecule has 1 aliphatic rings. The average molecular weight is 926 g/mol. The van der Waals surface area contributed by atoms with Crippen LogP contribution in [0.3, 0.4) is 0 Å². The Morgan fingerprint density at radius 2 is 1.11 bits per heavy atom. The van der Waals surface area contributed by atoms with E-state index in [0.29, 0.717) is 37.7 Å². The van der Waals surface area contributed by atoms with E-state index >= 15 is 0 Å². The Kier molecular flexibility index (Phi) is 16.7. The molecule has 1 aliphatic carbocycles. The summed E-state index contributed by atoms with van der Waals surface area (Å²) in [4.78, 5) is 24.8. The van der Waals surface area contributed by atoms with Gasteiger partial charge in [-0.1, -0.05) is 32.9 Å². The van der Waals surface area contributed by atoms with E-state index in [4.69, 9.17) is 9.47 Å². The minimum Gasteiger partial charge on any atom is -0.494 e. The molecule has 0 saturated heterocycles. The van der Waals surface area contributed by atoms with Gasteiger partial charge in [0.2, 0.25) is 5.91 Å². The van der Waals surface area contributed by atoms with Crippen LogP contribution in [0.25, 0.3) is 6.08 Å². The predicted octanol–water partition coefficient (Wildman–Crippen LogP) is 11.0. The Balaban J connectivity index is 2.09. The number of rotatable bonds is 21. The first-order valence-electron chi connectivity index (χ1n) is 18.0. The van der Waals surface area contributed by atoms with Crippen LogP contribution in [0.4, 0.5) is 79.0 Å². The second-order valence-electron chi connectivity index (χ2n) is 14.9. The van der Waals surface area contributed by atoms with Crippen LogP contribution in [0.15, 0.2) is 30.3 Å². The van der Waals surface area contributed by atoms with Gasteiger partial charge in [0.1, 0.15) is 25.1 Å². The number of benzene rings is 1. The van der Waals surface area contributed by atoms with Gasteiger partial charge in [-0.2, -0.15) is 79.0 Å². The maximum Gasteiger partial charge on any atom is 0.460 e. The van der Waals surface area contributed by atoms with Crippen LogP contribution in [0.5, 0.6) is 5.75 Å². The molecule has 0 spiro atoms. The van der Waals surface area contributed by atoms with Crippen LogP contribution in [-0.4, -0.2) is 97.5 Å². The van der Waals surface area contributed by atoms with Crippen LogP contribution in [0.2, 0.25) is 0 Å². The van der Waals surface area contributed by atoms with E-state index in [0.717, 1.165) is 6.08 Å². The Morgan fingerprint density at radius 1 is 0.672 bits per heavy atom. The normalized spacial score (nSPS) is 18.3. The number of hydrogen-bond donors (Lipinski definition) is 1. The van der Waals surface area contributed by atoms with Crippen molar-refractivity contribution in [2.45, 2.75) is 138 Å². The zero-order valence-corrected chi connectivity index (χ0v) is 32.4. The van der Waals surface area contributed by atoms with E-state index in [1.54, 1.807) is 0 Å². The van der Waals surface area contributed by atoms with Crippen molar-refractivity contribution in [2.24, 2.45) is 5.41 Å². The summed E-state index contributed by atoms with van der Waals surface area (Å²) in [5.41, 5.74) is -0.155. The Labute approximate surface area is 336 Å². The first-order chi connectivity index (χ1) is 27.4. The summed E-state index contributed by atoms with van der Waals surface area (Å²) in [7, 11) is 0. The quantitative estimate of drug-likeness (QED) is 0.0435. The fraction of sp³-hybridized carbons (Fsp3) is 0.722. The minimum absolute atomic E-state index is 0.0458. The number of ether oxygens (including phenoxy) is 4. The second kappa shape index (κ2) is 19.0. The highest BCUT2D eigenvalue weighted by atomic mass is 19.4. The van der Waals surface area contributed by atoms with Crippen molar-refractivity contribution in [2.75, 3.05) is 19.8 Å². The first kappa shape index (κ1) is 53.5. The number of alkyl halides is 18. The summed E-state index contributed by atoms with van der Waals surface area (Å²) >= 11 is 0. The van der Waals surface area contributed by atoms with E-state index < -0.39 is 104 Å². The number of esters is 1. The summed E-state index contributed by atoms with van der Waals surface area (Å²) in [6.07, 6.45) is -11.9. The smallest absolute Gasteiger partial charge is 0.460 e. The van der Waals surface area contributed by atoms with Crippen LogP contribution < -0.4 is 10.1 Å². The maximum atomic E-state index is 14.2. The van der Waals surface area contributed by atoms with Gasteiger partial charge in [0.15, 0.2) is 5.79 Å². The molecule has 0 unspecified atom stereocenters. The van der Waals surface area contributed by atoms with Crippen molar-refractivity contribution in [3.63, 3.8) is 0 Å². The van der Waals surface area contributed by atoms with E-state index in [1.807, 2.05) is 20.8 Å². The Hall–Kier alpha value is -3.64. The summed E-state index contributed by atoms with van der Waals surface area (Å²) < 4.78 is 259. The van der Waals surface area contributed by atoms with Gasteiger partial charge in [0.25, 0.3) is 0 Å². The van der Waals surface area contributed by atoms with Crippen molar-refractivity contribution >= 4 is 18.0 Å². The zero-order valence-electron chi connectivity index (χ0n) is 32.4. The molecule has 0 atom stereocenters. The van der Waals surface area contributed by atoms with Gasteiger partial charge in [-0.15, -0.1) is 0 Å². The molecule has 352 valence electrons. The van der Waals surface area contributed by atoms with Crippen molar-refractivity contribution in [3.05, 3.63) is 35.9 Å². The van der Waals surface area contributed by atoms with Gasteiger partial charge >= 0.3 is 53.9 Å². The van der Waals surface area contributed by atoms with Crippen molar-refractivity contribution in [3.8, 4) is 5.75 Å². The number of carbonyl (C=O) groups is 2. The highest BCUT2D eigenvalue weighted by Gasteiger charge is 2.83. The molecule has 1 amide bonds. The highest BCUT2D eigenvalue weighted by molar-refractivity contribution is 5.87. The van der Waals surface area contributed by atoms with Gasteiger partial charge in [-0.05, 0) is 69.2 Å². The second-order valence-corrected chi connectivity index (χ2v) is 14.9. The topological polar surface area (TPSA) is 83.1 Å². The van der Waals surface area contributed by atoms with Crippen molar-refractivity contribution in [1.29, 1.82) is 0 Å². The van der Waals surface area contributed by atoms with Gasteiger partial charge in [-0.25, -0.2) is 4.79 Å². The molecule has 0 aliphatic heterocycles. The lowest BCUT2D eigenvalue weighted by molar-refractivity contribution is -0.413. The summed E-state index contributed by atoms with van der Waals surface area (Å²) in [6.45, 7) is -1.53. The lowest BCUT2D eigenvalue weighted by Gasteiger charge is -2.38. The minimum atomic E-state index is -7.46. The summed E-state index contributed by atoms with van der Waals surface area (Å²) in [5, 5.41) is 2.99. The molecule has 61 heavy (non-hydrogen) atoms. The number of amides is 1. The van der Waals surface area contributed by atoms with Gasteiger partial charge < -0.3 is 24.3 Å². The molecule has 0 aromatic heterocycles. The Morgan fingerprint density at radius 3 is 1.52 bits per heavy atom. The van der Waals surface area contributed by atoms with E-state index in [1.165, 1.54) is 30.3 Å². The van der Waals surface area contributed by atoms with Crippen LogP contribution in [0, 0.1) is 5.41 Å². The molecule has 25 heteroatoms. The average Bonchev–Trinajstić information content (AvgIpc) is 3.14. The third-order valence-electron chi connectivity index (χ3n) is 9.66. The molecular weight excluding hydrogens is 884 g/mol. The lowest BCUT2D eigenvalue weighted by atomic mass is 9.87. The third kappa shape index (κ3) is 12.7. The maximum absolute atomic E-state index is 14.2. The van der Waals surface area contributed by atoms with Gasteiger partial charge in [-0.3, -0.25) is 4.79 Å². The number of carbonyl (C=O) groups excluding carboxylic acids is 2. The molecule has 0 bridgehead atoms. The highest BCUT2D eigenvalue weighted by Crippen LogP contribution is 2.55. The molecule has 1 N–H and O–H groups in total. The fourth-order valence-electron chi connectivity index (χ4n) is 5.16. The van der Waals surface area contributed by atoms with Crippen LogP contribution in [-0.2, 0) is 23.8 Å². The molecule has 7 nitrogen and oxygen atoms in total. The Bertz CT molecular complexity index is 1580. The summed E-state index contributed by atoms with van der Waals surface area (Å²) in [5.74, 6) is -47.0. The van der Waals surface area contributed by atoms with Crippen molar-refractivity contribution < 1.29 is 108 Å². The lowest BCUT2D eigenvalue weighted by Crippen LogP contribution is -2.63. The largest absolute Gasteiger partial charge is 0.494 e. The van der Waals surface area contributed by atoms with E-state index in [-0.39, 0.29) is 24.6 Å². The molecule has 1 saturated carbocycles. The molecule has 1 aromatic carbocycles. The van der Waals surface area contributed by atoms with Crippen LogP contribution >= 0.6 is 0 Å². The molecular formula is C36H41F18NO6. The number of nitrogens with one attached hydrogen (secondary N) is 1. The molecule has 1 aromatic rings. The van der Waals surface area contributed by atoms with E-state index in [2.05, 4.69) is 14.8 Å². The zero-order chi connectivity index (χ0) is 47.3. The monoisotopic (exact) mass is 925 g/mol. The predicted molar refractivity (Wildman–Crippen MR) is 177 cm³/mol. The molecule has 2 rings (SSSR count). The fourth-order valence-corrected chi connectivity index (χ4v) is 5.16. The summed E-state index contributed by atoms with van der Waals surface area (Å²) in [6, 6.07) is 5.14. The molecule has 0 heterocycles. The van der Waals surface area contributed by atoms with Gasteiger partial charge in [0, 0.05) is 24.0 Å². The van der Waals surface area contributed by atoms with E-state index in [9.17, 15) is 88.6 Å².